The standard InChI is InChI=1S/C23H27N3O6S/c1-24-23-26(25-12-14-8-17(27-2)21(31-6)18(9-14)28-3)16(13-33-23)15-10-19(29-4)22(32-7)20(11-15)30-5/h8-13H,1-7H3. The molecule has 0 aliphatic rings. The van der Waals surface area contributed by atoms with E-state index in [1.165, 1.54) is 11.3 Å². The second kappa shape index (κ2) is 10.8. The SMILES string of the molecule is CN=c1scc(-c2cc(OC)c(OC)c(OC)c2)n1N=Cc1cc(OC)c(OC)c(OC)c1. The van der Waals surface area contributed by atoms with Gasteiger partial charge in [0, 0.05) is 23.6 Å². The summed E-state index contributed by atoms with van der Waals surface area (Å²) in [4.78, 5) is 5.06. The number of nitrogens with zero attached hydrogens (tertiary/aromatic N) is 3. The first kappa shape index (κ1) is 24.0. The van der Waals surface area contributed by atoms with Crippen molar-refractivity contribution < 1.29 is 28.4 Å². The third-order valence-electron chi connectivity index (χ3n) is 4.85. The summed E-state index contributed by atoms with van der Waals surface area (Å²) in [6.07, 6.45) is 1.70. The molecule has 3 aromatic rings. The second-order valence-corrected chi connectivity index (χ2v) is 7.39. The average Bonchev–Trinajstić information content (AvgIpc) is 3.28. The Morgan fingerprint density at radius 2 is 1.21 bits per heavy atom. The first-order valence-corrected chi connectivity index (χ1v) is 10.7. The number of hydrogen-bond acceptors (Lipinski definition) is 9. The lowest BCUT2D eigenvalue weighted by molar-refractivity contribution is 0.324. The van der Waals surface area contributed by atoms with Gasteiger partial charge in [0.15, 0.2) is 23.0 Å². The monoisotopic (exact) mass is 473 g/mol. The molecule has 0 spiro atoms. The highest BCUT2D eigenvalue weighted by Gasteiger charge is 2.17. The molecule has 9 nitrogen and oxygen atoms in total. The van der Waals surface area contributed by atoms with Gasteiger partial charge in [-0.1, -0.05) is 0 Å². The Kier molecular flexibility index (Phi) is 7.83. The molecule has 0 N–H and O–H groups in total. The van der Waals surface area contributed by atoms with Crippen LogP contribution in [-0.2, 0) is 0 Å². The number of aromatic nitrogens is 1. The first-order valence-electron chi connectivity index (χ1n) is 9.83. The molecule has 0 radical (unpaired) electrons. The molecular formula is C23H27N3O6S. The summed E-state index contributed by atoms with van der Waals surface area (Å²) in [6, 6.07) is 7.38. The van der Waals surface area contributed by atoms with Gasteiger partial charge in [-0.05, 0) is 24.3 Å². The number of benzene rings is 2. The molecule has 2 aromatic carbocycles. The first-order chi connectivity index (χ1) is 16.0. The van der Waals surface area contributed by atoms with Gasteiger partial charge in [-0.25, -0.2) is 4.68 Å². The van der Waals surface area contributed by atoms with E-state index < -0.39 is 0 Å². The van der Waals surface area contributed by atoms with E-state index in [4.69, 9.17) is 28.4 Å². The lowest BCUT2D eigenvalue weighted by Crippen LogP contribution is -2.11. The van der Waals surface area contributed by atoms with Crippen LogP contribution < -0.4 is 33.2 Å². The van der Waals surface area contributed by atoms with E-state index in [2.05, 4.69) is 10.1 Å². The zero-order valence-electron chi connectivity index (χ0n) is 19.7. The molecule has 0 aliphatic carbocycles. The second-order valence-electron chi connectivity index (χ2n) is 6.56. The molecule has 0 saturated heterocycles. The fraction of sp³-hybridized carbons (Fsp3) is 0.304. The zero-order chi connectivity index (χ0) is 24.0. The maximum atomic E-state index is 5.50. The molecule has 176 valence electrons. The summed E-state index contributed by atoms with van der Waals surface area (Å²) in [6.45, 7) is 0. The van der Waals surface area contributed by atoms with Gasteiger partial charge in [-0.3, -0.25) is 4.99 Å². The summed E-state index contributed by atoms with van der Waals surface area (Å²) < 4.78 is 34.5. The van der Waals surface area contributed by atoms with Crippen molar-refractivity contribution in [3.63, 3.8) is 0 Å². The van der Waals surface area contributed by atoms with Gasteiger partial charge in [0.05, 0.1) is 54.6 Å². The predicted molar refractivity (Wildman–Crippen MR) is 128 cm³/mol. The molecule has 0 aliphatic heterocycles. The average molecular weight is 474 g/mol. The molecule has 3 rings (SSSR count). The van der Waals surface area contributed by atoms with E-state index in [1.54, 1.807) is 60.6 Å². The van der Waals surface area contributed by atoms with Crippen molar-refractivity contribution in [3.05, 3.63) is 40.0 Å². The van der Waals surface area contributed by atoms with Gasteiger partial charge in [0.25, 0.3) is 0 Å². The van der Waals surface area contributed by atoms with Crippen LogP contribution in [0.5, 0.6) is 34.5 Å². The van der Waals surface area contributed by atoms with Crippen LogP contribution in [-0.4, -0.2) is 60.6 Å². The van der Waals surface area contributed by atoms with E-state index in [0.29, 0.717) is 39.3 Å². The van der Waals surface area contributed by atoms with E-state index in [9.17, 15) is 0 Å². The van der Waals surface area contributed by atoms with E-state index in [1.807, 2.05) is 29.6 Å². The molecule has 10 heteroatoms. The largest absolute Gasteiger partial charge is 0.493 e. The van der Waals surface area contributed by atoms with Crippen molar-refractivity contribution in [1.29, 1.82) is 0 Å². The molecule has 1 aromatic heterocycles. The van der Waals surface area contributed by atoms with Gasteiger partial charge < -0.3 is 28.4 Å². The van der Waals surface area contributed by atoms with E-state index in [-0.39, 0.29) is 0 Å². The molecule has 1 heterocycles. The fourth-order valence-corrected chi connectivity index (χ4v) is 4.09. The van der Waals surface area contributed by atoms with Crippen LogP contribution >= 0.6 is 11.3 Å². The molecule has 0 amide bonds. The van der Waals surface area contributed by atoms with Crippen molar-refractivity contribution in [1.82, 2.24) is 4.68 Å². The fourth-order valence-electron chi connectivity index (χ4n) is 3.29. The minimum Gasteiger partial charge on any atom is -0.493 e. The highest BCUT2D eigenvalue weighted by atomic mass is 32.1. The number of ether oxygens (including phenoxy) is 6. The maximum Gasteiger partial charge on any atom is 0.205 e. The van der Waals surface area contributed by atoms with Crippen LogP contribution in [0.25, 0.3) is 11.3 Å². The highest BCUT2D eigenvalue weighted by molar-refractivity contribution is 7.07. The molecule has 0 bridgehead atoms. The zero-order valence-corrected chi connectivity index (χ0v) is 20.5. The Bertz CT molecular complexity index is 1170. The topological polar surface area (TPSA) is 85.0 Å². The van der Waals surface area contributed by atoms with Crippen molar-refractivity contribution in [2.24, 2.45) is 10.1 Å². The minimum absolute atomic E-state index is 0.516. The van der Waals surface area contributed by atoms with Crippen LogP contribution in [0.4, 0.5) is 0 Å². The van der Waals surface area contributed by atoms with Gasteiger partial charge in [-0.2, -0.15) is 5.10 Å². The van der Waals surface area contributed by atoms with Crippen molar-refractivity contribution in [3.8, 4) is 45.8 Å². The normalized spacial score (nSPS) is 11.5. The lowest BCUT2D eigenvalue weighted by atomic mass is 10.1. The summed E-state index contributed by atoms with van der Waals surface area (Å²) in [5, 5.41) is 6.65. The van der Waals surface area contributed by atoms with E-state index >= 15 is 0 Å². The highest BCUT2D eigenvalue weighted by Crippen LogP contribution is 2.41. The Labute approximate surface area is 196 Å². The van der Waals surface area contributed by atoms with Crippen LogP contribution in [0.3, 0.4) is 0 Å². The number of hydrogen-bond donors (Lipinski definition) is 0. The summed E-state index contributed by atoms with van der Waals surface area (Å²) >= 11 is 1.46. The van der Waals surface area contributed by atoms with Crippen LogP contribution in [0.2, 0.25) is 0 Å². The molecule has 0 saturated carbocycles. The summed E-state index contributed by atoms with van der Waals surface area (Å²) in [7, 11) is 11.2. The predicted octanol–water partition coefficient (Wildman–Crippen LogP) is 3.68. The van der Waals surface area contributed by atoms with Crippen molar-refractivity contribution in [2.75, 3.05) is 49.7 Å². The Morgan fingerprint density at radius 3 is 1.64 bits per heavy atom. The number of rotatable bonds is 9. The summed E-state index contributed by atoms with van der Waals surface area (Å²) in [5.41, 5.74) is 2.40. The van der Waals surface area contributed by atoms with Crippen LogP contribution in [0, 0.1) is 0 Å². The van der Waals surface area contributed by atoms with Crippen LogP contribution in [0.1, 0.15) is 5.56 Å². The Morgan fingerprint density at radius 1 is 0.727 bits per heavy atom. The van der Waals surface area contributed by atoms with Gasteiger partial charge in [0.1, 0.15) is 0 Å². The molecule has 33 heavy (non-hydrogen) atoms. The Balaban J connectivity index is 2.13. The lowest BCUT2D eigenvalue weighted by Gasteiger charge is -2.14. The number of methoxy groups -OCH3 is 6. The van der Waals surface area contributed by atoms with Gasteiger partial charge in [-0.15, -0.1) is 11.3 Å². The third-order valence-corrected chi connectivity index (χ3v) is 5.75. The Hall–Kier alpha value is -3.66. The molecule has 0 unspecified atom stereocenters. The van der Waals surface area contributed by atoms with Crippen LogP contribution in [0.15, 0.2) is 39.7 Å². The minimum atomic E-state index is 0.516. The molecular weight excluding hydrogens is 446 g/mol. The summed E-state index contributed by atoms with van der Waals surface area (Å²) in [5.74, 6) is 3.22. The quantitative estimate of drug-likeness (QED) is 0.441. The van der Waals surface area contributed by atoms with Gasteiger partial charge in [0.2, 0.25) is 16.3 Å². The molecule has 0 atom stereocenters. The van der Waals surface area contributed by atoms with Gasteiger partial charge >= 0.3 is 0 Å². The smallest absolute Gasteiger partial charge is 0.205 e. The van der Waals surface area contributed by atoms with E-state index in [0.717, 1.165) is 16.8 Å². The molecule has 0 fully saturated rings. The van der Waals surface area contributed by atoms with Crippen molar-refractivity contribution >= 4 is 17.6 Å². The van der Waals surface area contributed by atoms with Crippen molar-refractivity contribution in [2.45, 2.75) is 0 Å². The maximum absolute atomic E-state index is 5.50. The third kappa shape index (κ3) is 4.75. The number of thiazole rings is 1.